The average Bonchev–Trinajstić information content (AvgIpc) is 2.47. The van der Waals surface area contributed by atoms with Crippen LogP contribution in [0.2, 0.25) is 0 Å². The van der Waals surface area contributed by atoms with Gasteiger partial charge in [-0.15, -0.1) is 0 Å². The maximum Gasteiger partial charge on any atom is 0.227 e. The van der Waals surface area contributed by atoms with Crippen LogP contribution in [0, 0.1) is 0 Å². The SMILES string of the molecule is NSc1cnn2c1OCCC2. The quantitative estimate of drug-likeness (QED) is 0.630. The second-order valence-electron chi connectivity index (χ2n) is 2.36. The normalized spacial score (nSPS) is 15.7. The summed E-state index contributed by atoms with van der Waals surface area (Å²) in [5.74, 6) is 0.823. The molecule has 0 atom stereocenters. The predicted octanol–water partition coefficient (Wildman–Crippen LogP) is 0.631. The van der Waals surface area contributed by atoms with Crippen LogP contribution in [0.3, 0.4) is 0 Å². The lowest BCUT2D eigenvalue weighted by Crippen LogP contribution is -2.14. The summed E-state index contributed by atoms with van der Waals surface area (Å²) in [7, 11) is 0. The van der Waals surface area contributed by atoms with E-state index in [-0.39, 0.29) is 0 Å². The molecule has 1 aromatic rings. The van der Waals surface area contributed by atoms with Crippen LogP contribution in [0.15, 0.2) is 11.1 Å². The molecule has 0 unspecified atom stereocenters. The van der Waals surface area contributed by atoms with Crippen LogP contribution < -0.4 is 9.88 Å². The van der Waals surface area contributed by atoms with Crippen molar-refractivity contribution in [3.63, 3.8) is 0 Å². The molecule has 0 saturated carbocycles. The van der Waals surface area contributed by atoms with E-state index in [2.05, 4.69) is 5.10 Å². The summed E-state index contributed by atoms with van der Waals surface area (Å²) in [6, 6.07) is 0. The van der Waals surface area contributed by atoms with Gasteiger partial charge in [-0.05, 0) is 11.9 Å². The second-order valence-corrected chi connectivity index (χ2v) is 3.03. The van der Waals surface area contributed by atoms with Gasteiger partial charge in [0.25, 0.3) is 0 Å². The third kappa shape index (κ3) is 1.10. The lowest BCUT2D eigenvalue weighted by atomic mass is 10.4. The van der Waals surface area contributed by atoms with Gasteiger partial charge in [0.15, 0.2) is 0 Å². The molecule has 2 N–H and O–H groups in total. The van der Waals surface area contributed by atoms with E-state index >= 15 is 0 Å². The molecule has 4 nitrogen and oxygen atoms in total. The van der Waals surface area contributed by atoms with E-state index in [0.29, 0.717) is 0 Å². The highest BCUT2D eigenvalue weighted by molar-refractivity contribution is 7.97. The maximum atomic E-state index is 5.40. The van der Waals surface area contributed by atoms with E-state index in [1.165, 1.54) is 11.9 Å². The maximum absolute atomic E-state index is 5.40. The Labute approximate surface area is 68.8 Å². The largest absolute Gasteiger partial charge is 0.477 e. The van der Waals surface area contributed by atoms with Gasteiger partial charge in [-0.2, -0.15) is 5.10 Å². The van der Waals surface area contributed by atoms with E-state index in [1.807, 2.05) is 4.68 Å². The molecule has 1 aromatic heterocycles. The Hall–Kier alpha value is -0.680. The zero-order valence-corrected chi connectivity index (χ0v) is 6.80. The van der Waals surface area contributed by atoms with Crippen LogP contribution in [-0.4, -0.2) is 16.4 Å². The third-order valence-electron chi connectivity index (χ3n) is 1.64. The lowest BCUT2D eigenvalue weighted by molar-refractivity contribution is 0.225. The first kappa shape index (κ1) is 7.00. The number of aromatic nitrogens is 2. The summed E-state index contributed by atoms with van der Waals surface area (Å²) < 4.78 is 7.23. The highest BCUT2D eigenvalue weighted by Gasteiger charge is 2.15. The minimum absolute atomic E-state index is 0.777. The standard InChI is InChI=1S/C6H9N3OS/c7-11-5-4-8-9-2-1-3-10-6(5)9/h4H,1-3,7H2. The monoisotopic (exact) mass is 171 g/mol. The molecule has 0 aromatic carbocycles. The van der Waals surface area contributed by atoms with Crippen molar-refractivity contribution >= 4 is 11.9 Å². The average molecular weight is 171 g/mol. The molecule has 0 saturated heterocycles. The van der Waals surface area contributed by atoms with E-state index in [4.69, 9.17) is 9.88 Å². The van der Waals surface area contributed by atoms with Crippen LogP contribution >= 0.6 is 11.9 Å². The Balaban J connectivity index is 2.38. The number of nitrogens with zero attached hydrogens (tertiary/aromatic N) is 2. The number of ether oxygens (including phenoxy) is 1. The smallest absolute Gasteiger partial charge is 0.227 e. The number of hydrogen-bond donors (Lipinski definition) is 1. The number of nitrogens with two attached hydrogens (primary N) is 1. The minimum Gasteiger partial charge on any atom is -0.477 e. The Morgan fingerprint density at radius 2 is 2.64 bits per heavy atom. The fourth-order valence-electron chi connectivity index (χ4n) is 1.13. The Morgan fingerprint density at radius 3 is 3.45 bits per heavy atom. The number of aryl methyl sites for hydroxylation is 1. The first-order valence-corrected chi connectivity index (χ1v) is 4.35. The Bertz CT molecular complexity index is 247. The van der Waals surface area contributed by atoms with Crippen molar-refractivity contribution in [3.8, 4) is 5.88 Å². The molecule has 11 heavy (non-hydrogen) atoms. The third-order valence-corrected chi connectivity index (χ3v) is 2.17. The molecular weight excluding hydrogens is 162 g/mol. The summed E-state index contributed by atoms with van der Waals surface area (Å²) in [5, 5.41) is 9.52. The molecule has 0 spiro atoms. The van der Waals surface area contributed by atoms with Gasteiger partial charge in [0.05, 0.1) is 12.8 Å². The molecule has 1 aliphatic rings. The van der Waals surface area contributed by atoms with Gasteiger partial charge in [-0.3, -0.25) is 5.14 Å². The van der Waals surface area contributed by atoms with Gasteiger partial charge in [0.1, 0.15) is 4.90 Å². The van der Waals surface area contributed by atoms with Gasteiger partial charge in [-0.1, -0.05) is 0 Å². The summed E-state index contributed by atoms with van der Waals surface area (Å²) in [4.78, 5) is 0.921. The minimum atomic E-state index is 0.777. The molecular formula is C6H9N3OS. The van der Waals surface area contributed by atoms with Crippen molar-refractivity contribution in [2.24, 2.45) is 5.14 Å². The van der Waals surface area contributed by atoms with E-state index < -0.39 is 0 Å². The van der Waals surface area contributed by atoms with E-state index in [9.17, 15) is 0 Å². The zero-order valence-electron chi connectivity index (χ0n) is 5.99. The number of rotatable bonds is 1. The zero-order chi connectivity index (χ0) is 7.68. The highest BCUT2D eigenvalue weighted by atomic mass is 32.2. The van der Waals surface area contributed by atoms with E-state index in [1.54, 1.807) is 6.20 Å². The predicted molar refractivity (Wildman–Crippen MR) is 42.4 cm³/mol. The summed E-state index contributed by atoms with van der Waals surface area (Å²) in [6.45, 7) is 1.72. The molecule has 5 heteroatoms. The van der Waals surface area contributed by atoms with Crippen molar-refractivity contribution in [1.82, 2.24) is 9.78 Å². The second kappa shape index (κ2) is 2.75. The molecule has 2 heterocycles. The summed E-state index contributed by atoms with van der Waals surface area (Å²) >= 11 is 1.18. The van der Waals surface area contributed by atoms with Crippen LogP contribution in [0.25, 0.3) is 0 Å². The first-order valence-electron chi connectivity index (χ1n) is 3.47. The molecule has 0 aliphatic carbocycles. The fraction of sp³-hybridized carbons (Fsp3) is 0.500. The van der Waals surface area contributed by atoms with Crippen LogP contribution in [0.1, 0.15) is 6.42 Å². The molecule has 1 aliphatic heterocycles. The topological polar surface area (TPSA) is 53.1 Å². The molecule has 0 fully saturated rings. The molecule has 0 radical (unpaired) electrons. The molecule has 0 amide bonds. The molecule has 0 bridgehead atoms. The van der Waals surface area contributed by atoms with Crippen LogP contribution in [0.4, 0.5) is 0 Å². The number of fused-ring (bicyclic) bond motifs is 1. The summed E-state index contributed by atoms with van der Waals surface area (Å²) in [6.07, 6.45) is 2.77. The molecule has 2 rings (SSSR count). The van der Waals surface area contributed by atoms with Crippen molar-refractivity contribution in [3.05, 3.63) is 6.20 Å². The van der Waals surface area contributed by atoms with Gasteiger partial charge >= 0.3 is 0 Å². The van der Waals surface area contributed by atoms with Crippen molar-refractivity contribution in [1.29, 1.82) is 0 Å². The molecule has 60 valence electrons. The Morgan fingerprint density at radius 1 is 1.73 bits per heavy atom. The lowest BCUT2D eigenvalue weighted by Gasteiger charge is -2.15. The highest BCUT2D eigenvalue weighted by Crippen LogP contribution is 2.27. The van der Waals surface area contributed by atoms with Crippen molar-refractivity contribution < 1.29 is 4.74 Å². The van der Waals surface area contributed by atoms with E-state index in [0.717, 1.165) is 30.3 Å². The first-order chi connectivity index (χ1) is 5.42. The summed E-state index contributed by atoms with van der Waals surface area (Å²) in [5.41, 5.74) is 0. The van der Waals surface area contributed by atoms with Gasteiger partial charge in [0, 0.05) is 13.0 Å². The fourth-order valence-corrected chi connectivity index (χ4v) is 1.50. The number of hydrogen-bond acceptors (Lipinski definition) is 4. The van der Waals surface area contributed by atoms with Crippen LogP contribution in [0.5, 0.6) is 5.88 Å². The Kier molecular flexibility index (Phi) is 1.75. The van der Waals surface area contributed by atoms with Crippen LogP contribution in [-0.2, 0) is 6.54 Å². The van der Waals surface area contributed by atoms with Gasteiger partial charge < -0.3 is 4.74 Å². The van der Waals surface area contributed by atoms with Gasteiger partial charge in [-0.25, -0.2) is 4.68 Å². The van der Waals surface area contributed by atoms with Crippen molar-refractivity contribution in [2.75, 3.05) is 6.61 Å². The van der Waals surface area contributed by atoms with Crippen molar-refractivity contribution in [2.45, 2.75) is 17.9 Å². The van der Waals surface area contributed by atoms with Gasteiger partial charge in [0.2, 0.25) is 5.88 Å².